The second kappa shape index (κ2) is 8.12. The van der Waals surface area contributed by atoms with Crippen LogP contribution in [0.2, 0.25) is 0 Å². The van der Waals surface area contributed by atoms with Gasteiger partial charge in [0.2, 0.25) is 11.8 Å². The molecule has 1 aliphatic rings. The smallest absolute Gasteiger partial charge is 0.326 e. The normalized spacial score (nSPS) is 17.1. The quantitative estimate of drug-likeness (QED) is 0.431. The monoisotopic (exact) mass is 403 g/mol. The maximum Gasteiger partial charge on any atom is 0.326 e. The predicted molar refractivity (Wildman–Crippen MR) is 99.8 cm³/mol. The Morgan fingerprint density at radius 3 is 2.72 bits per heavy atom. The molecule has 0 bridgehead atoms. The number of imidazole rings is 1. The Morgan fingerprint density at radius 1 is 1.34 bits per heavy atom. The topological polar surface area (TPSA) is 178 Å². The molecule has 29 heavy (non-hydrogen) atoms. The van der Waals surface area contributed by atoms with Gasteiger partial charge >= 0.3 is 5.69 Å². The second-order valence-corrected chi connectivity index (χ2v) is 6.79. The molecular weight excluding hydrogens is 382 g/mol. The molecule has 0 radical (unpaired) electrons. The first-order valence-electron chi connectivity index (χ1n) is 8.96. The molecule has 0 aromatic carbocycles. The molecular formula is C17H21N7O5. The number of aromatic nitrogens is 4. The van der Waals surface area contributed by atoms with Gasteiger partial charge in [-0.25, -0.2) is 9.78 Å². The lowest BCUT2D eigenvalue weighted by atomic mass is 10.1. The van der Waals surface area contributed by atoms with E-state index < -0.39 is 41.1 Å². The highest BCUT2D eigenvalue weighted by atomic mass is 16.2. The third kappa shape index (κ3) is 4.25. The molecule has 1 unspecified atom stereocenters. The summed E-state index contributed by atoms with van der Waals surface area (Å²) in [6.07, 6.45) is 4.17. The van der Waals surface area contributed by atoms with Crippen LogP contribution in [0.5, 0.6) is 0 Å². The minimum Gasteiger partial charge on any atom is -0.368 e. The Hall–Kier alpha value is -3.70. The molecule has 0 aliphatic carbocycles. The number of hydrogen-bond acceptors (Lipinski definition) is 6. The van der Waals surface area contributed by atoms with Crippen LogP contribution in [0.3, 0.4) is 0 Å². The first-order valence-corrected chi connectivity index (χ1v) is 8.96. The number of amides is 3. The Bertz CT molecular complexity index is 997. The van der Waals surface area contributed by atoms with Gasteiger partial charge < -0.3 is 25.5 Å². The summed E-state index contributed by atoms with van der Waals surface area (Å²) in [7, 11) is 1.38. The zero-order valence-corrected chi connectivity index (χ0v) is 15.7. The number of H-pyrrole nitrogens is 3. The van der Waals surface area contributed by atoms with Crippen molar-refractivity contribution in [1.29, 1.82) is 0 Å². The van der Waals surface area contributed by atoms with E-state index in [1.807, 2.05) is 4.98 Å². The van der Waals surface area contributed by atoms with Gasteiger partial charge in [0.1, 0.15) is 17.8 Å². The summed E-state index contributed by atoms with van der Waals surface area (Å²) in [5.74, 6) is -1.79. The Morgan fingerprint density at radius 2 is 2.10 bits per heavy atom. The Balaban J connectivity index is 1.93. The highest BCUT2D eigenvalue weighted by molar-refractivity contribution is 5.97. The molecule has 12 heteroatoms. The molecule has 0 spiro atoms. The highest BCUT2D eigenvalue weighted by Crippen LogP contribution is 2.21. The van der Waals surface area contributed by atoms with Crippen LogP contribution >= 0.6 is 0 Å². The van der Waals surface area contributed by atoms with Crippen LogP contribution in [0.25, 0.3) is 0 Å². The highest BCUT2D eigenvalue weighted by Gasteiger charge is 2.39. The average Bonchev–Trinajstić information content (AvgIpc) is 3.35. The Labute approximate surface area is 164 Å². The number of likely N-dealkylation sites (tertiary alicyclic amines) is 1. The number of carbonyl (C=O) groups excluding carboxylic acids is 3. The van der Waals surface area contributed by atoms with Gasteiger partial charge in [-0.15, -0.1) is 0 Å². The maximum atomic E-state index is 13.2. The fourth-order valence-electron chi connectivity index (χ4n) is 3.42. The third-order valence-electron chi connectivity index (χ3n) is 4.89. The van der Waals surface area contributed by atoms with Gasteiger partial charge in [0.05, 0.1) is 12.0 Å². The van der Waals surface area contributed by atoms with Gasteiger partial charge in [0, 0.05) is 32.3 Å². The number of likely N-dealkylation sites (N-methyl/N-ethyl adjacent to an activating group) is 1. The van der Waals surface area contributed by atoms with E-state index in [4.69, 9.17) is 5.73 Å². The SMILES string of the molecule is CN(C(=O)c1cc(=O)[nH]c(=O)[nH]1)C(Cc1c[nH]cn1)C(=O)N1CCC[C@H]1C(N)=O. The number of nitrogens with two attached hydrogens (primary N) is 1. The largest absolute Gasteiger partial charge is 0.368 e. The zero-order valence-electron chi connectivity index (χ0n) is 15.7. The van der Waals surface area contributed by atoms with Crippen LogP contribution in [0.4, 0.5) is 0 Å². The van der Waals surface area contributed by atoms with E-state index >= 15 is 0 Å². The van der Waals surface area contributed by atoms with E-state index in [-0.39, 0.29) is 12.1 Å². The molecule has 3 amide bonds. The second-order valence-electron chi connectivity index (χ2n) is 6.79. The summed E-state index contributed by atoms with van der Waals surface area (Å²) in [5, 5.41) is 0. The van der Waals surface area contributed by atoms with E-state index in [0.29, 0.717) is 25.1 Å². The van der Waals surface area contributed by atoms with Gasteiger partial charge in [0.15, 0.2) is 0 Å². The van der Waals surface area contributed by atoms with Crippen molar-refractivity contribution in [3.63, 3.8) is 0 Å². The number of nitrogens with zero attached hydrogens (tertiary/aromatic N) is 3. The maximum absolute atomic E-state index is 13.2. The predicted octanol–water partition coefficient (Wildman–Crippen LogP) is -2.05. The lowest BCUT2D eigenvalue weighted by Crippen LogP contribution is -2.54. The van der Waals surface area contributed by atoms with Crippen molar-refractivity contribution < 1.29 is 14.4 Å². The number of hydrogen-bond donors (Lipinski definition) is 4. The van der Waals surface area contributed by atoms with Crippen molar-refractivity contribution in [3.05, 3.63) is 50.8 Å². The van der Waals surface area contributed by atoms with Crippen molar-refractivity contribution in [1.82, 2.24) is 29.7 Å². The Kier molecular flexibility index (Phi) is 5.61. The summed E-state index contributed by atoms with van der Waals surface area (Å²) < 4.78 is 0. The molecule has 2 atom stereocenters. The van der Waals surface area contributed by atoms with Crippen molar-refractivity contribution in [2.75, 3.05) is 13.6 Å². The molecule has 3 heterocycles. The molecule has 1 aliphatic heterocycles. The van der Waals surface area contributed by atoms with Crippen molar-refractivity contribution >= 4 is 17.7 Å². The average molecular weight is 403 g/mol. The minimum atomic E-state index is -1.02. The first kappa shape index (κ1) is 20.0. The van der Waals surface area contributed by atoms with Crippen molar-refractivity contribution in [2.24, 2.45) is 5.73 Å². The molecule has 2 aromatic heterocycles. The molecule has 154 valence electrons. The number of carbonyl (C=O) groups is 3. The number of primary amides is 1. The van der Waals surface area contributed by atoms with Crippen molar-refractivity contribution in [3.8, 4) is 0 Å². The summed E-state index contributed by atoms with van der Waals surface area (Å²) in [4.78, 5) is 74.5. The molecule has 2 aromatic rings. The fraction of sp³-hybridized carbons (Fsp3) is 0.412. The molecule has 5 N–H and O–H groups in total. The van der Waals surface area contributed by atoms with Crippen LogP contribution < -0.4 is 17.0 Å². The summed E-state index contributed by atoms with van der Waals surface area (Å²) >= 11 is 0. The standard InChI is InChI=1S/C17H21N7O5/c1-23(15(27)10-6-13(25)22-17(29)21-10)12(5-9-7-19-8-20-9)16(28)24-4-2-3-11(24)14(18)26/h6-8,11-12H,2-5H2,1H3,(H2,18,26)(H,19,20)(H2,21,22,25,29)/t11-,12?/m0/s1. The minimum absolute atomic E-state index is 0.0694. The molecule has 3 rings (SSSR count). The summed E-state index contributed by atoms with van der Waals surface area (Å²) in [6.45, 7) is 0.341. The molecule has 12 nitrogen and oxygen atoms in total. The van der Waals surface area contributed by atoms with Crippen LogP contribution in [0.15, 0.2) is 28.2 Å². The third-order valence-corrected chi connectivity index (χ3v) is 4.89. The van der Waals surface area contributed by atoms with E-state index in [9.17, 15) is 24.0 Å². The number of aromatic amines is 3. The first-order chi connectivity index (χ1) is 13.8. The summed E-state index contributed by atoms with van der Waals surface area (Å²) in [6, 6.07) is -0.820. The van der Waals surface area contributed by atoms with Gasteiger partial charge in [0.25, 0.3) is 11.5 Å². The molecule has 1 saturated heterocycles. The van der Waals surface area contributed by atoms with E-state index in [2.05, 4.69) is 15.0 Å². The summed E-state index contributed by atoms with van der Waals surface area (Å²) in [5.41, 5.74) is 4.11. The van der Waals surface area contributed by atoms with Gasteiger partial charge in [-0.2, -0.15) is 0 Å². The lowest BCUT2D eigenvalue weighted by molar-refractivity contribution is -0.140. The number of rotatable bonds is 6. The van der Waals surface area contributed by atoms with E-state index in [1.54, 1.807) is 6.20 Å². The molecule has 1 fully saturated rings. The van der Waals surface area contributed by atoms with Crippen LogP contribution in [0.1, 0.15) is 29.0 Å². The molecule has 0 saturated carbocycles. The number of nitrogens with one attached hydrogen (secondary N) is 3. The lowest BCUT2D eigenvalue weighted by Gasteiger charge is -2.32. The van der Waals surface area contributed by atoms with Gasteiger partial charge in [-0.3, -0.25) is 24.2 Å². The van der Waals surface area contributed by atoms with Crippen LogP contribution in [-0.2, 0) is 16.0 Å². The fourth-order valence-corrected chi connectivity index (χ4v) is 3.42. The van der Waals surface area contributed by atoms with Crippen LogP contribution in [-0.4, -0.2) is 73.1 Å². The van der Waals surface area contributed by atoms with Crippen LogP contribution in [0, 0.1) is 0 Å². The van der Waals surface area contributed by atoms with E-state index in [1.165, 1.54) is 18.3 Å². The van der Waals surface area contributed by atoms with E-state index in [0.717, 1.165) is 11.0 Å². The zero-order chi connectivity index (χ0) is 21.1. The van der Waals surface area contributed by atoms with Gasteiger partial charge in [-0.1, -0.05) is 0 Å². The van der Waals surface area contributed by atoms with Crippen molar-refractivity contribution in [2.45, 2.75) is 31.3 Å². The van der Waals surface area contributed by atoms with Gasteiger partial charge in [-0.05, 0) is 12.8 Å².